The third-order valence-electron chi connectivity index (χ3n) is 6.59. The molecular formula is C32H34O5. The smallest absolute Gasteiger partial charge is 0.161 e. The first kappa shape index (κ1) is 26.1. The fourth-order valence-electron chi connectivity index (χ4n) is 4.58. The van der Waals surface area contributed by atoms with Gasteiger partial charge in [-0.3, -0.25) is 0 Å². The van der Waals surface area contributed by atoms with Gasteiger partial charge in [-0.15, -0.1) is 0 Å². The summed E-state index contributed by atoms with van der Waals surface area (Å²) in [5.74, 6) is 2.88. The first-order valence-electron chi connectivity index (χ1n) is 12.3. The standard InChI is InChI=1S/C32H34O5/c1-33-29-17-15-25(19-31(29)35-3)27(23-11-7-5-8-12-23)21-37-22-28(24-13-9-6-10-14-24)26-16-18-30(34-2)32(20-26)36-4/h5-20,27-28H,21-22H2,1-4H3. The lowest BCUT2D eigenvalue weighted by molar-refractivity contribution is 0.120. The van der Waals surface area contributed by atoms with E-state index >= 15 is 0 Å². The largest absolute Gasteiger partial charge is 0.493 e. The molecular weight excluding hydrogens is 464 g/mol. The van der Waals surface area contributed by atoms with Gasteiger partial charge in [0.1, 0.15) is 0 Å². The summed E-state index contributed by atoms with van der Waals surface area (Å²) in [6.45, 7) is 1.02. The van der Waals surface area contributed by atoms with Crippen LogP contribution in [0.3, 0.4) is 0 Å². The summed E-state index contributed by atoms with van der Waals surface area (Å²) in [4.78, 5) is 0. The molecule has 4 aromatic carbocycles. The molecule has 4 rings (SSSR count). The van der Waals surface area contributed by atoms with Crippen LogP contribution >= 0.6 is 0 Å². The van der Waals surface area contributed by atoms with E-state index in [1.54, 1.807) is 28.4 Å². The van der Waals surface area contributed by atoms with Crippen LogP contribution in [0.4, 0.5) is 0 Å². The lowest BCUT2D eigenvalue weighted by atomic mass is 9.90. The Balaban J connectivity index is 1.61. The summed E-state index contributed by atoms with van der Waals surface area (Å²) in [5.41, 5.74) is 4.56. The molecule has 2 unspecified atom stereocenters. The predicted molar refractivity (Wildman–Crippen MR) is 146 cm³/mol. The Labute approximate surface area is 219 Å². The van der Waals surface area contributed by atoms with Gasteiger partial charge in [0.15, 0.2) is 23.0 Å². The molecule has 0 bridgehead atoms. The second kappa shape index (κ2) is 12.8. The van der Waals surface area contributed by atoms with E-state index < -0.39 is 0 Å². The van der Waals surface area contributed by atoms with Crippen LogP contribution in [0.25, 0.3) is 0 Å². The third kappa shape index (κ3) is 6.25. The summed E-state index contributed by atoms with van der Waals surface area (Å²) < 4.78 is 28.5. The highest BCUT2D eigenvalue weighted by molar-refractivity contribution is 5.47. The number of benzene rings is 4. The zero-order valence-electron chi connectivity index (χ0n) is 21.8. The van der Waals surface area contributed by atoms with Crippen LogP contribution in [0, 0.1) is 0 Å². The molecule has 0 aliphatic rings. The van der Waals surface area contributed by atoms with Crippen molar-refractivity contribution in [1.82, 2.24) is 0 Å². The highest BCUT2D eigenvalue weighted by atomic mass is 16.5. The van der Waals surface area contributed by atoms with Crippen molar-refractivity contribution in [1.29, 1.82) is 0 Å². The maximum Gasteiger partial charge on any atom is 0.161 e. The number of methoxy groups -OCH3 is 4. The van der Waals surface area contributed by atoms with Crippen LogP contribution in [0.5, 0.6) is 23.0 Å². The quantitative estimate of drug-likeness (QED) is 0.217. The van der Waals surface area contributed by atoms with Gasteiger partial charge in [-0.1, -0.05) is 72.8 Å². The van der Waals surface area contributed by atoms with Crippen LogP contribution in [-0.4, -0.2) is 41.7 Å². The Morgan fingerprint density at radius 3 is 1.16 bits per heavy atom. The molecule has 2 atom stereocenters. The molecule has 0 heterocycles. The van der Waals surface area contributed by atoms with Crippen LogP contribution in [-0.2, 0) is 4.74 Å². The monoisotopic (exact) mass is 498 g/mol. The lowest BCUT2D eigenvalue weighted by Gasteiger charge is -2.23. The van der Waals surface area contributed by atoms with Gasteiger partial charge in [-0.2, -0.15) is 0 Å². The van der Waals surface area contributed by atoms with Crippen LogP contribution < -0.4 is 18.9 Å². The molecule has 0 spiro atoms. The van der Waals surface area contributed by atoms with E-state index in [1.807, 2.05) is 36.4 Å². The number of rotatable bonds is 12. The Morgan fingerprint density at radius 2 is 0.811 bits per heavy atom. The number of ether oxygens (including phenoxy) is 5. The molecule has 0 aliphatic heterocycles. The van der Waals surface area contributed by atoms with Gasteiger partial charge in [-0.25, -0.2) is 0 Å². The minimum Gasteiger partial charge on any atom is -0.493 e. The van der Waals surface area contributed by atoms with Crippen molar-refractivity contribution >= 4 is 0 Å². The summed E-state index contributed by atoms with van der Waals surface area (Å²) in [6, 6.07) is 32.9. The first-order chi connectivity index (χ1) is 18.2. The van der Waals surface area contributed by atoms with Gasteiger partial charge in [0.25, 0.3) is 0 Å². The molecule has 0 N–H and O–H groups in total. The minimum absolute atomic E-state index is 0.0304. The summed E-state index contributed by atoms with van der Waals surface area (Å²) in [6.07, 6.45) is 0. The van der Waals surface area contributed by atoms with Crippen molar-refractivity contribution in [2.24, 2.45) is 0 Å². The second-order valence-electron chi connectivity index (χ2n) is 8.69. The molecule has 192 valence electrons. The third-order valence-corrected chi connectivity index (χ3v) is 6.59. The van der Waals surface area contributed by atoms with Crippen molar-refractivity contribution < 1.29 is 23.7 Å². The molecule has 0 fully saturated rings. The molecule has 5 nitrogen and oxygen atoms in total. The fraction of sp³-hybridized carbons (Fsp3) is 0.250. The highest BCUT2D eigenvalue weighted by Gasteiger charge is 2.21. The van der Waals surface area contributed by atoms with E-state index in [4.69, 9.17) is 23.7 Å². The highest BCUT2D eigenvalue weighted by Crippen LogP contribution is 2.36. The number of hydrogen-bond acceptors (Lipinski definition) is 5. The van der Waals surface area contributed by atoms with E-state index in [1.165, 1.54) is 11.1 Å². The summed E-state index contributed by atoms with van der Waals surface area (Å²) in [7, 11) is 6.60. The van der Waals surface area contributed by atoms with Gasteiger partial charge in [0, 0.05) is 11.8 Å². The van der Waals surface area contributed by atoms with Crippen LogP contribution in [0.1, 0.15) is 34.1 Å². The Kier molecular flexibility index (Phi) is 9.06. The Bertz CT molecular complexity index is 1160. The van der Waals surface area contributed by atoms with Gasteiger partial charge >= 0.3 is 0 Å². The molecule has 0 amide bonds. The van der Waals surface area contributed by atoms with E-state index in [-0.39, 0.29) is 11.8 Å². The molecule has 0 aliphatic carbocycles. The molecule has 0 saturated heterocycles. The maximum absolute atomic E-state index is 6.49. The van der Waals surface area contributed by atoms with Crippen molar-refractivity contribution in [3.05, 3.63) is 119 Å². The average molecular weight is 499 g/mol. The fourth-order valence-corrected chi connectivity index (χ4v) is 4.58. The van der Waals surface area contributed by atoms with Crippen molar-refractivity contribution in [2.45, 2.75) is 11.8 Å². The van der Waals surface area contributed by atoms with E-state index in [2.05, 4.69) is 60.7 Å². The zero-order chi connectivity index (χ0) is 26.0. The normalized spacial score (nSPS) is 12.4. The molecule has 4 aromatic rings. The topological polar surface area (TPSA) is 46.2 Å². The van der Waals surface area contributed by atoms with Crippen molar-refractivity contribution in [3.63, 3.8) is 0 Å². The van der Waals surface area contributed by atoms with Crippen molar-refractivity contribution in [2.75, 3.05) is 41.7 Å². The van der Waals surface area contributed by atoms with E-state index in [0.717, 1.165) is 11.1 Å². The molecule has 5 heteroatoms. The second-order valence-corrected chi connectivity index (χ2v) is 8.69. The zero-order valence-corrected chi connectivity index (χ0v) is 21.8. The predicted octanol–water partition coefficient (Wildman–Crippen LogP) is 6.70. The maximum atomic E-state index is 6.49. The van der Waals surface area contributed by atoms with Gasteiger partial charge in [0.2, 0.25) is 0 Å². The van der Waals surface area contributed by atoms with Crippen LogP contribution in [0.15, 0.2) is 97.1 Å². The minimum atomic E-state index is 0.0304. The molecule has 37 heavy (non-hydrogen) atoms. The SMILES string of the molecule is COc1ccc(C(COCC(c2ccccc2)c2ccc(OC)c(OC)c2)c2ccccc2)cc1OC. The molecule has 0 aromatic heterocycles. The Hall–Kier alpha value is -3.96. The van der Waals surface area contributed by atoms with Crippen LogP contribution in [0.2, 0.25) is 0 Å². The summed E-state index contributed by atoms with van der Waals surface area (Å²) in [5, 5.41) is 0. The van der Waals surface area contributed by atoms with E-state index in [9.17, 15) is 0 Å². The molecule has 0 saturated carbocycles. The van der Waals surface area contributed by atoms with Gasteiger partial charge < -0.3 is 23.7 Å². The van der Waals surface area contributed by atoms with Gasteiger partial charge in [0.05, 0.1) is 41.7 Å². The molecule has 0 radical (unpaired) electrons. The Morgan fingerprint density at radius 1 is 0.432 bits per heavy atom. The average Bonchev–Trinajstić information content (AvgIpc) is 2.97. The number of hydrogen-bond donors (Lipinski definition) is 0. The van der Waals surface area contributed by atoms with Crippen molar-refractivity contribution in [3.8, 4) is 23.0 Å². The van der Waals surface area contributed by atoms with E-state index in [0.29, 0.717) is 36.2 Å². The van der Waals surface area contributed by atoms with Gasteiger partial charge in [-0.05, 0) is 46.5 Å². The lowest BCUT2D eigenvalue weighted by Crippen LogP contribution is -2.15. The first-order valence-corrected chi connectivity index (χ1v) is 12.3. The summed E-state index contributed by atoms with van der Waals surface area (Å²) >= 11 is 0.